The zero-order chi connectivity index (χ0) is 32.0. The Bertz CT molecular complexity index is 1390. The second kappa shape index (κ2) is 27.3. The maximum absolute atomic E-state index is 10.9. The van der Waals surface area contributed by atoms with Gasteiger partial charge in [0.25, 0.3) is 6.47 Å². The van der Waals surface area contributed by atoms with Crippen LogP contribution in [-0.4, -0.2) is 56.8 Å². The molecule has 2 aromatic carbocycles. The van der Waals surface area contributed by atoms with E-state index in [-0.39, 0.29) is 130 Å². The summed E-state index contributed by atoms with van der Waals surface area (Å²) in [6.45, 7) is 0.0983. The van der Waals surface area contributed by atoms with Crippen LogP contribution in [0.15, 0.2) is 85.2 Å². The molecule has 4 aromatic rings. The van der Waals surface area contributed by atoms with Crippen molar-refractivity contribution in [3.05, 3.63) is 113 Å². The van der Waals surface area contributed by atoms with Gasteiger partial charge in [0.1, 0.15) is 16.7 Å². The standard InChI is InChI=1S/C14H14N2O3.C8H10O2.C6H5ClN2O.CH2O3.2K.H/c15-14(18)11-3-6-13(16-9-11)19-12-4-1-10(2-5-12)7-8-17;9-6-5-7-1-3-8(10)4-2-7;7-5-2-1-4(3-9-5)6(8)10;2-1-4-3;;;/h1-6,9,17H,7-8H2,(H2,15,18);1-4,9-10H,5-6H2;1-3H,(H2,8,10);1,3H;;;/q;;;;2*+1;-1/p-1. The molecule has 0 fully saturated rings. The van der Waals surface area contributed by atoms with Crippen LogP contribution in [0.5, 0.6) is 17.4 Å². The van der Waals surface area contributed by atoms with E-state index in [1.807, 2.05) is 12.1 Å². The van der Waals surface area contributed by atoms with Crippen molar-refractivity contribution in [2.75, 3.05) is 13.2 Å². The molecule has 45 heavy (non-hydrogen) atoms. The normalized spacial score (nSPS) is 8.98. The van der Waals surface area contributed by atoms with Crippen molar-refractivity contribution in [2.45, 2.75) is 12.8 Å². The van der Waals surface area contributed by atoms with Gasteiger partial charge >= 0.3 is 103 Å². The van der Waals surface area contributed by atoms with Crippen LogP contribution < -0.4 is 124 Å². The molecular formula is C29H31ClK2N4O9. The van der Waals surface area contributed by atoms with Crippen LogP contribution in [0.3, 0.4) is 0 Å². The topological polar surface area (TPSA) is 231 Å². The van der Waals surface area contributed by atoms with Crippen LogP contribution in [0.1, 0.15) is 33.3 Å². The SMILES string of the molecule is NC(=O)c1ccc(Cl)nc1.NC(=O)c1ccc(Oc2ccc(CCO)cc2)nc1.O=CO[O-].OCCc1ccc(O)cc1.[H-].[K+].[K+]. The first-order valence-corrected chi connectivity index (χ1v) is 12.7. The molecule has 0 saturated carbocycles. The van der Waals surface area contributed by atoms with Crippen LogP contribution in [0, 0.1) is 0 Å². The third kappa shape index (κ3) is 20.8. The van der Waals surface area contributed by atoms with E-state index >= 15 is 0 Å². The first kappa shape index (κ1) is 45.3. The predicted molar refractivity (Wildman–Crippen MR) is 155 cm³/mol. The van der Waals surface area contributed by atoms with Crippen molar-refractivity contribution in [3.63, 3.8) is 0 Å². The number of aromatic nitrogens is 2. The monoisotopic (exact) mass is 692 g/mol. The van der Waals surface area contributed by atoms with Crippen molar-refractivity contribution in [1.82, 2.24) is 9.97 Å². The molecule has 0 aliphatic heterocycles. The smallest absolute Gasteiger partial charge is 1.00 e. The van der Waals surface area contributed by atoms with E-state index < -0.39 is 11.8 Å². The third-order valence-corrected chi connectivity index (χ3v) is 5.18. The van der Waals surface area contributed by atoms with Crippen molar-refractivity contribution in [1.29, 1.82) is 0 Å². The van der Waals surface area contributed by atoms with Gasteiger partial charge in [-0.2, -0.15) is 0 Å². The number of pyridine rings is 2. The average molecular weight is 693 g/mol. The number of aromatic hydroxyl groups is 1. The number of rotatable bonds is 9. The van der Waals surface area contributed by atoms with Crippen molar-refractivity contribution < 1.29 is 149 Å². The molecule has 0 spiro atoms. The van der Waals surface area contributed by atoms with Gasteiger partial charge in [-0.25, -0.2) is 9.97 Å². The fourth-order valence-electron chi connectivity index (χ4n) is 2.87. The summed E-state index contributed by atoms with van der Waals surface area (Å²) in [7, 11) is 0. The van der Waals surface area contributed by atoms with Gasteiger partial charge < -0.3 is 43.1 Å². The van der Waals surface area contributed by atoms with Crippen molar-refractivity contribution in [3.8, 4) is 17.4 Å². The summed E-state index contributed by atoms with van der Waals surface area (Å²) in [4.78, 5) is 40.2. The minimum absolute atomic E-state index is 0. The molecule has 230 valence electrons. The summed E-state index contributed by atoms with van der Waals surface area (Å²) < 4.78 is 5.52. The number of hydrogen-bond donors (Lipinski definition) is 5. The number of phenols is 1. The van der Waals surface area contributed by atoms with Gasteiger partial charge in [-0.3, -0.25) is 14.4 Å². The van der Waals surface area contributed by atoms with Gasteiger partial charge in [0, 0.05) is 31.7 Å². The van der Waals surface area contributed by atoms with Crippen molar-refractivity contribution in [2.24, 2.45) is 11.5 Å². The summed E-state index contributed by atoms with van der Waals surface area (Å²) in [5.41, 5.74) is 12.8. The summed E-state index contributed by atoms with van der Waals surface area (Å²) in [6, 6.07) is 20.4. The number of ether oxygens (including phenoxy) is 1. The Kier molecular flexibility index (Phi) is 27.5. The second-order valence-electron chi connectivity index (χ2n) is 8.04. The predicted octanol–water partition coefficient (Wildman–Crippen LogP) is -4.18. The number of benzene rings is 2. The summed E-state index contributed by atoms with van der Waals surface area (Å²) in [5.74, 6) is 0.277. The zero-order valence-corrected chi connectivity index (χ0v) is 31.7. The number of halogens is 1. The number of phenolic OH excluding ortho intramolecular Hbond substituents is 1. The molecular weight excluding hydrogens is 662 g/mol. The Morgan fingerprint density at radius 3 is 1.60 bits per heavy atom. The molecule has 0 saturated heterocycles. The quantitative estimate of drug-likeness (QED) is 0.0371. The van der Waals surface area contributed by atoms with Gasteiger partial charge in [0.05, 0.1) is 11.1 Å². The average Bonchev–Trinajstić information content (AvgIpc) is 3.01. The fraction of sp³-hybridized carbons (Fsp3) is 0.138. The Morgan fingerprint density at radius 1 is 0.800 bits per heavy atom. The molecule has 0 bridgehead atoms. The zero-order valence-electron chi connectivity index (χ0n) is 25.7. The van der Waals surface area contributed by atoms with Crippen LogP contribution in [-0.2, 0) is 22.5 Å². The molecule has 7 N–H and O–H groups in total. The van der Waals surface area contributed by atoms with E-state index in [1.54, 1.807) is 48.5 Å². The minimum Gasteiger partial charge on any atom is -1.00 e. The van der Waals surface area contributed by atoms with Crippen molar-refractivity contribution >= 4 is 29.9 Å². The van der Waals surface area contributed by atoms with Crippen LogP contribution in [0.2, 0.25) is 5.15 Å². The Balaban J connectivity index is -0.000000588. The molecule has 4 rings (SSSR count). The van der Waals surface area contributed by atoms with E-state index in [9.17, 15) is 9.59 Å². The molecule has 0 radical (unpaired) electrons. The molecule has 0 aliphatic rings. The summed E-state index contributed by atoms with van der Waals surface area (Å²) >= 11 is 5.45. The number of carbonyl (C=O) groups is 3. The largest absolute Gasteiger partial charge is 1.00 e. The van der Waals surface area contributed by atoms with E-state index in [4.69, 9.17) is 53.2 Å². The molecule has 0 unspecified atom stereocenters. The van der Waals surface area contributed by atoms with E-state index in [0.29, 0.717) is 40.8 Å². The number of carbonyl (C=O) groups excluding carboxylic acids is 3. The Labute approximate surface area is 351 Å². The van der Waals surface area contributed by atoms with Gasteiger partial charge in [-0.15, -0.1) is 0 Å². The van der Waals surface area contributed by atoms with Gasteiger partial charge in [0.2, 0.25) is 17.7 Å². The van der Waals surface area contributed by atoms with Gasteiger partial charge in [0.15, 0.2) is 0 Å². The fourth-order valence-corrected chi connectivity index (χ4v) is 2.99. The van der Waals surface area contributed by atoms with Crippen LogP contribution in [0.25, 0.3) is 0 Å². The van der Waals surface area contributed by atoms with Gasteiger partial charge in [-0.1, -0.05) is 35.9 Å². The number of nitrogens with two attached hydrogens (primary N) is 2. The third-order valence-electron chi connectivity index (χ3n) is 4.96. The molecule has 2 amide bonds. The van der Waals surface area contributed by atoms with E-state index in [0.717, 1.165) is 11.1 Å². The Morgan fingerprint density at radius 2 is 1.24 bits per heavy atom. The number of amides is 2. The molecule has 13 nitrogen and oxygen atoms in total. The summed E-state index contributed by atoms with van der Waals surface area (Å²) in [5, 5.41) is 35.0. The molecule has 2 aromatic heterocycles. The van der Waals surface area contributed by atoms with Crippen LogP contribution in [0.4, 0.5) is 0 Å². The second-order valence-corrected chi connectivity index (χ2v) is 8.42. The van der Waals surface area contributed by atoms with E-state index in [2.05, 4.69) is 14.9 Å². The first-order valence-electron chi connectivity index (χ1n) is 12.3. The minimum atomic E-state index is -0.521. The van der Waals surface area contributed by atoms with Gasteiger partial charge in [-0.05, 0) is 66.4 Å². The number of primary amides is 2. The Hall–Kier alpha value is -1.81. The molecule has 16 heteroatoms. The number of aliphatic hydroxyl groups excluding tert-OH is 2. The number of aliphatic hydroxyl groups is 2. The molecule has 2 heterocycles. The van der Waals surface area contributed by atoms with Crippen LogP contribution >= 0.6 is 11.6 Å². The number of hydrogen-bond acceptors (Lipinski definition) is 11. The maximum atomic E-state index is 10.9. The summed E-state index contributed by atoms with van der Waals surface area (Å²) in [6.07, 6.45) is 3.98. The van der Waals surface area contributed by atoms with E-state index in [1.165, 1.54) is 24.5 Å². The maximum Gasteiger partial charge on any atom is 1.00 e. The first-order chi connectivity index (χ1) is 20.6. The number of nitrogens with zero attached hydrogens (tertiary/aromatic N) is 2. The molecule has 0 aliphatic carbocycles. The molecule has 0 atom stereocenters.